The van der Waals surface area contributed by atoms with E-state index in [1.54, 1.807) is 18.2 Å². The highest BCUT2D eigenvalue weighted by atomic mass is 32.2. The van der Waals surface area contributed by atoms with Gasteiger partial charge in [0.2, 0.25) is 0 Å². The molecule has 1 aliphatic rings. The van der Waals surface area contributed by atoms with Crippen LogP contribution in [0.3, 0.4) is 0 Å². The first-order valence-corrected chi connectivity index (χ1v) is 9.22. The minimum atomic E-state index is -4.37. The molecule has 3 aromatic carbocycles. The average Bonchev–Trinajstić information content (AvgIpc) is 2.59. The van der Waals surface area contributed by atoms with Crippen molar-refractivity contribution in [2.24, 2.45) is 0 Å². The summed E-state index contributed by atoms with van der Waals surface area (Å²) < 4.78 is 39.9. The van der Waals surface area contributed by atoms with Crippen LogP contribution < -0.4 is 4.74 Å². The highest BCUT2D eigenvalue weighted by Gasteiger charge is 2.28. The zero-order valence-electron chi connectivity index (χ0n) is 12.8. The number of rotatable bonds is 2. The van der Waals surface area contributed by atoms with Crippen LogP contribution in [0.5, 0.6) is 5.75 Å². The summed E-state index contributed by atoms with van der Waals surface area (Å²) in [7, 11) is -4.37. The Morgan fingerprint density at radius 1 is 0.958 bits per heavy atom. The van der Waals surface area contributed by atoms with E-state index in [1.807, 2.05) is 42.5 Å². The summed E-state index contributed by atoms with van der Waals surface area (Å²) in [6, 6.07) is 18.5. The van der Waals surface area contributed by atoms with Gasteiger partial charge in [-0.1, -0.05) is 54.6 Å². The number of ether oxygens (including phenoxy) is 1. The average molecular weight is 340 g/mol. The number of hydrogen-bond donors (Lipinski definition) is 1. The maximum absolute atomic E-state index is 12.1. The van der Waals surface area contributed by atoms with E-state index in [9.17, 15) is 13.0 Å². The van der Waals surface area contributed by atoms with E-state index in [2.05, 4.69) is 0 Å². The second-order valence-corrected chi connectivity index (χ2v) is 7.29. The van der Waals surface area contributed by atoms with Crippen molar-refractivity contribution in [3.63, 3.8) is 0 Å². The summed E-state index contributed by atoms with van der Waals surface area (Å²) in [5, 5.41) is 1.28. The molecule has 4 nitrogen and oxygen atoms in total. The number of fused-ring (bicyclic) bond motifs is 2. The molecule has 24 heavy (non-hydrogen) atoms. The zero-order valence-corrected chi connectivity index (χ0v) is 13.7. The topological polar surface area (TPSA) is 63.6 Å². The minimum absolute atomic E-state index is 0.0509. The summed E-state index contributed by atoms with van der Waals surface area (Å²) in [5.74, 6) is 0.767. The normalized spacial score (nSPS) is 17.3. The van der Waals surface area contributed by atoms with E-state index in [1.165, 1.54) is 0 Å². The third-order valence-corrected chi connectivity index (χ3v) is 5.40. The maximum Gasteiger partial charge on any atom is 0.295 e. The molecule has 5 heteroatoms. The van der Waals surface area contributed by atoms with Crippen molar-refractivity contribution >= 4 is 20.9 Å². The largest absolute Gasteiger partial charge is 0.485 e. The first-order chi connectivity index (χ1) is 11.5. The van der Waals surface area contributed by atoms with Crippen LogP contribution in [-0.4, -0.2) is 13.0 Å². The quantitative estimate of drug-likeness (QED) is 0.712. The number of benzene rings is 3. The molecule has 4 rings (SSSR count). The highest BCUT2D eigenvalue weighted by molar-refractivity contribution is 7.86. The summed E-state index contributed by atoms with van der Waals surface area (Å²) in [6.45, 7) is 0. The molecule has 122 valence electrons. The van der Waals surface area contributed by atoms with Gasteiger partial charge in [-0.25, -0.2) is 0 Å². The summed E-state index contributed by atoms with van der Waals surface area (Å²) in [6.07, 6.45) is 1.07. The summed E-state index contributed by atoms with van der Waals surface area (Å²) in [5.41, 5.74) is 1.62. The third kappa shape index (κ3) is 2.56. The maximum atomic E-state index is 12.1. The molecule has 1 N–H and O–H groups in total. The molecule has 0 aliphatic carbocycles. The van der Waals surface area contributed by atoms with Crippen LogP contribution in [0.4, 0.5) is 0 Å². The van der Waals surface area contributed by atoms with E-state index in [4.69, 9.17) is 4.74 Å². The Morgan fingerprint density at radius 2 is 1.71 bits per heavy atom. The SMILES string of the molecule is O=S(=O)(O)c1c(C2CCc3ccccc3O2)ccc2ccccc12. The first-order valence-electron chi connectivity index (χ1n) is 7.78. The summed E-state index contributed by atoms with van der Waals surface area (Å²) in [4.78, 5) is -0.0509. The molecule has 0 saturated heterocycles. The van der Waals surface area contributed by atoms with Gasteiger partial charge in [-0.3, -0.25) is 4.55 Å². The number of para-hydroxylation sites is 1. The highest BCUT2D eigenvalue weighted by Crippen LogP contribution is 2.39. The second-order valence-electron chi connectivity index (χ2n) is 5.93. The fraction of sp³-hybridized carbons (Fsp3) is 0.158. The Morgan fingerprint density at radius 3 is 2.54 bits per heavy atom. The Labute approximate surface area is 140 Å². The first kappa shape index (κ1) is 15.2. The zero-order chi connectivity index (χ0) is 16.7. The van der Waals surface area contributed by atoms with Crippen molar-refractivity contribution in [1.82, 2.24) is 0 Å². The predicted molar refractivity (Wildman–Crippen MR) is 91.9 cm³/mol. The Kier molecular flexibility index (Phi) is 3.55. The van der Waals surface area contributed by atoms with Crippen LogP contribution in [0.25, 0.3) is 10.8 Å². The van der Waals surface area contributed by atoms with Crippen molar-refractivity contribution in [3.05, 3.63) is 71.8 Å². The van der Waals surface area contributed by atoms with Crippen LogP contribution in [0, 0.1) is 0 Å². The molecular formula is C19H16O4S. The van der Waals surface area contributed by atoms with Gasteiger partial charge in [0.1, 0.15) is 16.7 Å². The lowest BCUT2D eigenvalue weighted by atomic mass is 9.95. The monoisotopic (exact) mass is 340 g/mol. The molecule has 1 aliphatic heterocycles. The third-order valence-electron chi connectivity index (χ3n) is 4.43. The lowest BCUT2D eigenvalue weighted by Crippen LogP contribution is -2.18. The van der Waals surface area contributed by atoms with Crippen molar-refractivity contribution in [3.8, 4) is 5.75 Å². The van der Waals surface area contributed by atoms with E-state index in [-0.39, 0.29) is 4.90 Å². The van der Waals surface area contributed by atoms with Crippen LogP contribution in [0.15, 0.2) is 65.6 Å². The van der Waals surface area contributed by atoms with E-state index in [0.717, 1.165) is 23.1 Å². The molecule has 0 saturated carbocycles. The molecule has 0 spiro atoms. The van der Waals surface area contributed by atoms with Gasteiger partial charge in [-0.15, -0.1) is 0 Å². The van der Waals surface area contributed by atoms with Gasteiger partial charge in [0.05, 0.1) is 0 Å². The van der Waals surface area contributed by atoms with Crippen molar-refractivity contribution in [2.45, 2.75) is 23.8 Å². The molecule has 1 heterocycles. The molecule has 0 bridgehead atoms. The Balaban J connectivity index is 1.89. The van der Waals surface area contributed by atoms with Crippen molar-refractivity contribution < 1.29 is 17.7 Å². The molecule has 1 atom stereocenters. The van der Waals surface area contributed by atoms with Crippen LogP contribution in [0.2, 0.25) is 0 Å². The molecule has 0 radical (unpaired) electrons. The lowest BCUT2D eigenvalue weighted by molar-refractivity contribution is 0.174. The van der Waals surface area contributed by atoms with Crippen molar-refractivity contribution in [1.29, 1.82) is 0 Å². The molecule has 0 amide bonds. The van der Waals surface area contributed by atoms with Gasteiger partial charge in [-0.05, 0) is 29.9 Å². The van der Waals surface area contributed by atoms with E-state index >= 15 is 0 Å². The predicted octanol–water partition coefficient (Wildman–Crippen LogP) is 4.15. The summed E-state index contributed by atoms with van der Waals surface area (Å²) >= 11 is 0. The molecule has 0 fully saturated rings. The Bertz CT molecular complexity index is 1020. The van der Waals surface area contributed by atoms with Crippen LogP contribution in [0.1, 0.15) is 23.7 Å². The standard InChI is InChI=1S/C19H16O4S/c20-24(21,22)19-15-7-3-1-5-13(15)9-11-16(19)18-12-10-14-6-2-4-8-17(14)23-18/h1-9,11,18H,10,12H2,(H,20,21,22). The second kappa shape index (κ2) is 5.61. The molecular weight excluding hydrogens is 324 g/mol. The lowest BCUT2D eigenvalue weighted by Gasteiger charge is -2.27. The fourth-order valence-corrected chi connectivity index (χ4v) is 4.31. The number of hydrogen-bond acceptors (Lipinski definition) is 3. The van der Waals surface area contributed by atoms with Gasteiger partial charge in [0, 0.05) is 10.9 Å². The smallest absolute Gasteiger partial charge is 0.295 e. The minimum Gasteiger partial charge on any atom is -0.485 e. The van der Waals surface area contributed by atoms with Crippen molar-refractivity contribution in [2.75, 3.05) is 0 Å². The molecule has 3 aromatic rings. The van der Waals surface area contributed by atoms with Crippen LogP contribution in [-0.2, 0) is 16.5 Å². The van der Waals surface area contributed by atoms with Gasteiger partial charge >= 0.3 is 0 Å². The number of aryl methyl sites for hydroxylation is 1. The van der Waals surface area contributed by atoms with Gasteiger partial charge in [0.25, 0.3) is 10.1 Å². The van der Waals surface area contributed by atoms with Gasteiger partial charge < -0.3 is 4.74 Å². The van der Waals surface area contributed by atoms with Crippen LogP contribution >= 0.6 is 0 Å². The van der Waals surface area contributed by atoms with Gasteiger partial charge in [-0.2, -0.15) is 8.42 Å². The van der Waals surface area contributed by atoms with E-state index < -0.39 is 16.2 Å². The molecule has 0 aromatic heterocycles. The van der Waals surface area contributed by atoms with Gasteiger partial charge in [0.15, 0.2) is 0 Å². The molecule has 1 unspecified atom stereocenters. The fourth-order valence-electron chi connectivity index (χ4n) is 3.34. The Hall–Kier alpha value is -2.37. The van der Waals surface area contributed by atoms with E-state index in [0.29, 0.717) is 17.4 Å².